The van der Waals surface area contributed by atoms with E-state index in [0.717, 1.165) is 27.7 Å². The first-order chi connectivity index (χ1) is 10.3. The van der Waals surface area contributed by atoms with Crippen molar-refractivity contribution in [2.24, 2.45) is 0 Å². The SMILES string of the molecule is CC(c1ccco1)n1c(=S)[nH]c2cnc3ccccc3c21. The van der Waals surface area contributed by atoms with Gasteiger partial charge in [-0.1, -0.05) is 18.2 Å². The van der Waals surface area contributed by atoms with Crippen molar-refractivity contribution >= 4 is 34.2 Å². The van der Waals surface area contributed by atoms with Crippen molar-refractivity contribution in [3.8, 4) is 0 Å². The molecule has 0 spiro atoms. The van der Waals surface area contributed by atoms with Crippen LogP contribution in [0.15, 0.2) is 53.3 Å². The maximum absolute atomic E-state index is 5.54. The summed E-state index contributed by atoms with van der Waals surface area (Å²) in [5, 5.41) is 1.08. The minimum atomic E-state index is 0.0204. The molecule has 1 N–H and O–H groups in total. The fraction of sp³-hybridized carbons (Fsp3) is 0.125. The number of benzene rings is 1. The zero-order chi connectivity index (χ0) is 14.4. The van der Waals surface area contributed by atoms with Crippen LogP contribution in [-0.2, 0) is 0 Å². The van der Waals surface area contributed by atoms with E-state index in [-0.39, 0.29) is 6.04 Å². The Morgan fingerprint density at radius 3 is 2.90 bits per heavy atom. The molecule has 1 atom stereocenters. The lowest BCUT2D eigenvalue weighted by Crippen LogP contribution is -2.06. The van der Waals surface area contributed by atoms with Crippen molar-refractivity contribution in [1.82, 2.24) is 14.5 Å². The third-order valence-corrected chi connectivity index (χ3v) is 4.09. The van der Waals surface area contributed by atoms with Crippen molar-refractivity contribution in [2.45, 2.75) is 13.0 Å². The molecule has 3 heterocycles. The topological polar surface area (TPSA) is 46.8 Å². The van der Waals surface area contributed by atoms with Gasteiger partial charge in [0.15, 0.2) is 4.77 Å². The Bertz CT molecular complexity index is 982. The molecule has 0 amide bonds. The highest BCUT2D eigenvalue weighted by atomic mass is 32.1. The standard InChI is InChI=1S/C16H13N3OS/c1-10(14-7-4-8-20-14)19-15-11-5-2-3-6-12(11)17-9-13(15)18-16(19)21/h2-10H,1H3,(H,18,21). The molecule has 4 nitrogen and oxygen atoms in total. The zero-order valence-electron chi connectivity index (χ0n) is 11.4. The number of nitrogens with one attached hydrogen (secondary N) is 1. The number of fused-ring (bicyclic) bond motifs is 3. The van der Waals surface area contributed by atoms with Gasteiger partial charge in [0.25, 0.3) is 0 Å². The van der Waals surface area contributed by atoms with Gasteiger partial charge in [0.2, 0.25) is 0 Å². The number of imidazole rings is 1. The van der Waals surface area contributed by atoms with Crippen molar-refractivity contribution in [1.29, 1.82) is 0 Å². The van der Waals surface area contributed by atoms with Crippen molar-refractivity contribution in [2.75, 3.05) is 0 Å². The van der Waals surface area contributed by atoms with Crippen LogP contribution in [0.4, 0.5) is 0 Å². The zero-order valence-corrected chi connectivity index (χ0v) is 12.2. The fourth-order valence-electron chi connectivity index (χ4n) is 2.78. The number of rotatable bonds is 2. The number of nitrogens with zero attached hydrogens (tertiary/aromatic N) is 2. The third kappa shape index (κ3) is 1.81. The van der Waals surface area contributed by atoms with Gasteiger partial charge in [-0.2, -0.15) is 0 Å². The summed E-state index contributed by atoms with van der Waals surface area (Å²) in [4.78, 5) is 7.71. The van der Waals surface area contributed by atoms with E-state index in [1.165, 1.54) is 0 Å². The van der Waals surface area contributed by atoms with Gasteiger partial charge in [0.05, 0.1) is 35.1 Å². The summed E-state index contributed by atoms with van der Waals surface area (Å²) in [6, 6.07) is 12.0. The molecule has 0 aliphatic rings. The Morgan fingerprint density at radius 2 is 2.10 bits per heavy atom. The van der Waals surface area contributed by atoms with E-state index < -0.39 is 0 Å². The lowest BCUT2D eigenvalue weighted by molar-refractivity contribution is 0.449. The molecule has 0 fully saturated rings. The molecule has 0 aliphatic heterocycles. The molecule has 4 rings (SSSR count). The van der Waals surface area contributed by atoms with Crippen molar-refractivity contribution in [3.05, 3.63) is 59.4 Å². The predicted octanol–water partition coefficient (Wildman–Crippen LogP) is 4.45. The van der Waals surface area contributed by atoms with Gasteiger partial charge >= 0.3 is 0 Å². The molecule has 0 aliphatic carbocycles. The molecule has 0 saturated heterocycles. The Hall–Kier alpha value is -2.40. The van der Waals surface area contributed by atoms with Gasteiger partial charge in [-0.25, -0.2) is 0 Å². The molecule has 0 bridgehead atoms. The van der Waals surface area contributed by atoms with Crippen LogP contribution in [0.2, 0.25) is 0 Å². The highest BCUT2D eigenvalue weighted by Crippen LogP contribution is 2.29. The van der Waals surface area contributed by atoms with Crippen LogP contribution in [0, 0.1) is 4.77 Å². The van der Waals surface area contributed by atoms with E-state index in [9.17, 15) is 0 Å². The average molecular weight is 295 g/mol. The summed E-state index contributed by atoms with van der Waals surface area (Å²) in [7, 11) is 0. The van der Waals surface area contributed by atoms with Gasteiger partial charge in [0.1, 0.15) is 5.76 Å². The Labute approximate surface area is 126 Å². The molecule has 1 aromatic carbocycles. The molecule has 104 valence electrons. The Kier molecular flexibility index (Phi) is 2.68. The number of hydrogen-bond acceptors (Lipinski definition) is 3. The van der Waals surface area contributed by atoms with Crippen LogP contribution in [0.25, 0.3) is 21.9 Å². The summed E-state index contributed by atoms with van der Waals surface area (Å²) in [5.41, 5.74) is 2.96. The molecule has 5 heteroatoms. The van der Waals surface area contributed by atoms with Gasteiger partial charge in [-0.05, 0) is 37.3 Å². The van der Waals surface area contributed by atoms with E-state index in [2.05, 4.69) is 27.5 Å². The number of aromatic nitrogens is 3. The molecule has 3 aromatic heterocycles. The third-order valence-electron chi connectivity index (χ3n) is 3.79. The van der Waals surface area contributed by atoms with E-state index in [0.29, 0.717) is 4.77 Å². The monoisotopic (exact) mass is 295 g/mol. The molecule has 4 aromatic rings. The largest absolute Gasteiger partial charge is 0.467 e. The summed E-state index contributed by atoms with van der Waals surface area (Å²) in [5.74, 6) is 0.882. The summed E-state index contributed by atoms with van der Waals surface area (Å²) in [6.07, 6.45) is 3.52. The van der Waals surface area contributed by atoms with Crippen LogP contribution in [0.3, 0.4) is 0 Å². The first-order valence-corrected chi connectivity index (χ1v) is 7.18. The Morgan fingerprint density at radius 1 is 1.24 bits per heavy atom. The molecular weight excluding hydrogens is 282 g/mol. The molecule has 0 saturated carbocycles. The first kappa shape index (κ1) is 12.3. The normalized spacial score (nSPS) is 13.0. The number of hydrogen-bond donors (Lipinski definition) is 1. The second-order valence-corrected chi connectivity index (χ2v) is 5.42. The lowest BCUT2D eigenvalue weighted by Gasteiger charge is -2.13. The minimum Gasteiger partial charge on any atom is -0.467 e. The van der Waals surface area contributed by atoms with Crippen molar-refractivity contribution in [3.63, 3.8) is 0 Å². The Balaban J connectivity index is 2.10. The van der Waals surface area contributed by atoms with Crippen LogP contribution >= 0.6 is 12.2 Å². The van der Waals surface area contributed by atoms with Crippen LogP contribution < -0.4 is 0 Å². The highest BCUT2D eigenvalue weighted by molar-refractivity contribution is 7.71. The maximum Gasteiger partial charge on any atom is 0.178 e. The lowest BCUT2D eigenvalue weighted by atomic mass is 10.1. The number of H-pyrrole nitrogens is 1. The van der Waals surface area contributed by atoms with Crippen molar-refractivity contribution < 1.29 is 4.42 Å². The van der Waals surface area contributed by atoms with Gasteiger partial charge in [0, 0.05) is 5.39 Å². The van der Waals surface area contributed by atoms with Gasteiger partial charge in [-0.3, -0.25) is 4.98 Å². The van der Waals surface area contributed by atoms with Crippen LogP contribution in [-0.4, -0.2) is 14.5 Å². The molecule has 0 radical (unpaired) electrons. The van der Waals surface area contributed by atoms with Crippen LogP contribution in [0.5, 0.6) is 0 Å². The number of para-hydroxylation sites is 1. The molecule has 21 heavy (non-hydrogen) atoms. The maximum atomic E-state index is 5.54. The van der Waals surface area contributed by atoms with E-state index in [1.54, 1.807) is 6.26 Å². The highest BCUT2D eigenvalue weighted by Gasteiger charge is 2.17. The van der Waals surface area contributed by atoms with E-state index in [1.807, 2.05) is 36.5 Å². The summed E-state index contributed by atoms with van der Waals surface area (Å²) < 4.78 is 8.30. The predicted molar refractivity (Wildman–Crippen MR) is 84.9 cm³/mol. The quantitative estimate of drug-likeness (QED) is 0.556. The number of pyridine rings is 1. The molecule has 1 unspecified atom stereocenters. The number of aromatic amines is 1. The number of furan rings is 1. The fourth-order valence-corrected chi connectivity index (χ4v) is 3.14. The first-order valence-electron chi connectivity index (χ1n) is 6.77. The van der Waals surface area contributed by atoms with E-state index in [4.69, 9.17) is 16.6 Å². The summed E-state index contributed by atoms with van der Waals surface area (Å²) >= 11 is 5.50. The second kappa shape index (κ2) is 4.56. The second-order valence-electron chi connectivity index (χ2n) is 5.03. The smallest absolute Gasteiger partial charge is 0.178 e. The minimum absolute atomic E-state index is 0.0204. The van der Waals surface area contributed by atoms with Gasteiger partial charge in [-0.15, -0.1) is 0 Å². The van der Waals surface area contributed by atoms with E-state index >= 15 is 0 Å². The summed E-state index contributed by atoms with van der Waals surface area (Å²) in [6.45, 7) is 2.08. The average Bonchev–Trinajstić information content (AvgIpc) is 3.13. The van der Waals surface area contributed by atoms with Crippen LogP contribution in [0.1, 0.15) is 18.7 Å². The molecular formula is C16H13N3OS. The van der Waals surface area contributed by atoms with Gasteiger partial charge < -0.3 is 14.0 Å².